The normalized spacial score (nSPS) is 12.6. The smallest absolute Gasteiger partial charge is 0.180 e. The van der Waals surface area contributed by atoms with Gasteiger partial charge in [-0.2, -0.15) is 0 Å². The molecular formula is C12H20N6. The van der Waals surface area contributed by atoms with Crippen molar-refractivity contribution in [2.24, 2.45) is 5.84 Å². The Morgan fingerprint density at radius 3 is 3.06 bits per heavy atom. The number of fused-ring (bicyclic) bond motifs is 1. The maximum absolute atomic E-state index is 5.42. The van der Waals surface area contributed by atoms with Crippen LogP contribution in [0.3, 0.4) is 0 Å². The average Bonchev–Trinajstić information content (AvgIpc) is 2.84. The lowest BCUT2D eigenvalue weighted by atomic mass is 10.1. The average molecular weight is 248 g/mol. The third-order valence-corrected chi connectivity index (χ3v) is 2.90. The van der Waals surface area contributed by atoms with Crippen LogP contribution in [0.4, 0.5) is 11.6 Å². The predicted octanol–water partition coefficient (Wildman–Crippen LogP) is 2.01. The van der Waals surface area contributed by atoms with Gasteiger partial charge >= 0.3 is 0 Å². The SMILES string of the molecule is CCCCC(C)Nc1nc(NN)cn2ccnc12. The van der Waals surface area contributed by atoms with Crippen molar-refractivity contribution in [3.63, 3.8) is 0 Å². The summed E-state index contributed by atoms with van der Waals surface area (Å²) in [5.74, 6) is 6.79. The predicted molar refractivity (Wildman–Crippen MR) is 73.4 cm³/mol. The van der Waals surface area contributed by atoms with Crippen LogP contribution in [0.2, 0.25) is 0 Å². The first-order valence-corrected chi connectivity index (χ1v) is 6.31. The first-order chi connectivity index (χ1) is 8.74. The summed E-state index contributed by atoms with van der Waals surface area (Å²) in [5, 5.41) is 3.39. The summed E-state index contributed by atoms with van der Waals surface area (Å²) in [4.78, 5) is 8.71. The Morgan fingerprint density at radius 1 is 1.50 bits per heavy atom. The van der Waals surface area contributed by atoms with Gasteiger partial charge in [-0.15, -0.1) is 0 Å². The van der Waals surface area contributed by atoms with E-state index >= 15 is 0 Å². The third-order valence-electron chi connectivity index (χ3n) is 2.90. The number of rotatable bonds is 6. The Labute approximate surface area is 107 Å². The van der Waals surface area contributed by atoms with Gasteiger partial charge in [0.15, 0.2) is 17.3 Å². The summed E-state index contributed by atoms with van der Waals surface area (Å²) >= 11 is 0. The van der Waals surface area contributed by atoms with Gasteiger partial charge < -0.3 is 15.1 Å². The largest absolute Gasteiger partial charge is 0.364 e. The molecule has 0 aromatic carbocycles. The molecule has 6 nitrogen and oxygen atoms in total. The minimum absolute atomic E-state index is 0.367. The van der Waals surface area contributed by atoms with E-state index in [1.165, 1.54) is 12.8 Å². The van der Waals surface area contributed by atoms with Gasteiger partial charge in [-0.3, -0.25) is 0 Å². The van der Waals surface area contributed by atoms with Crippen LogP contribution in [0.15, 0.2) is 18.6 Å². The lowest BCUT2D eigenvalue weighted by Gasteiger charge is -2.15. The van der Waals surface area contributed by atoms with Gasteiger partial charge in [-0.1, -0.05) is 19.8 Å². The molecule has 0 amide bonds. The van der Waals surface area contributed by atoms with E-state index in [0.29, 0.717) is 11.9 Å². The van der Waals surface area contributed by atoms with Crippen molar-refractivity contribution in [1.29, 1.82) is 0 Å². The minimum atomic E-state index is 0.367. The topological polar surface area (TPSA) is 80.3 Å². The number of hydrogen-bond donors (Lipinski definition) is 3. The van der Waals surface area contributed by atoms with Gasteiger partial charge in [0.05, 0.1) is 6.20 Å². The number of aromatic nitrogens is 3. The van der Waals surface area contributed by atoms with Crippen LogP contribution in [0.1, 0.15) is 33.1 Å². The van der Waals surface area contributed by atoms with Gasteiger partial charge in [-0.05, 0) is 13.3 Å². The van der Waals surface area contributed by atoms with Crippen LogP contribution in [0.5, 0.6) is 0 Å². The summed E-state index contributed by atoms with van der Waals surface area (Å²) in [6.45, 7) is 4.34. The second kappa shape index (κ2) is 5.68. The maximum Gasteiger partial charge on any atom is 0.180 e. The number of unbranched alkanes of at least 4 members (excludes halogenated alkanes) is 1. The molecule has 0 saturated carbocycles. The fraction of sp³-hybridized carbons (Fsp3) is 0.500. The van der Waals surface area contributed by atoms with Crippen LogP contribution >= 0.6 is 0 Å². The van der Waals surface area contributed by atoms with E-state index < -0.39 is 0 Å². The number of nitrogens with zero attached hydrogens (tertiary/aromatic N) is 3. The molecule has 18 heavy (non-hydrogen) atoms. The molecule has 6 heteroatoms. The molecule has 0 aliphatic heterocycles. The fourth-order valence-corrected chi connectivity index (χ4v) is 1.91. The highest BCUT2D eigenvalue weighted by Gasteiger charge is 2.09. The zero-order valence-corrected chi connectivity index (χ0v) is 10.8. The van der Waals surface area contributed by atoms with E-state index in [-0.39, 0.29) is 0 Å². The van der Waals surface area contributed by atoms with E-state index in [2.05, 4.69) is 34.6 Å². The number of hydrazine groups is 1. The Kier molecular flexibility index (Phi) is 3.99. The molecule has 0 spiro atoms. The molecule has 2 heterocycles. The molecule has 0 fully saturated rings. The van der Waals surface area contributed by atoms with Crippen LogP contribution < -0.4 is 16.6 Å². The highest BCUT2D eigenvalue weighted by molar-refractivity contribution is 5.65. The third kappa shape index (κ3) is 2.70. The highest BCUT2D eigenvalue weighted by atomic mass is 15.3. The lowest BCUT2D eigenvalue weighted by molar-refractivity contribution is 0.643. The zero-order chi connectivity index (χ0) is 13.0. The molecule has 1 atom stereocenters. The van der Waals surface area contributed by atoms with Crippen molar-refractivity contribution in [1.82, 2.24) is 14.4 Å². The van der Waals surface area contributed by atoms with Gasteiger partial charge in [0.25, 0.3) is 0 Å². The molecule has 2 rings (SSSR count). The van der Waals surface area contributed by atoms with Crippen molar-refractivity contribution in [3.05, 3.63) is 18.6 Å². The van der Waals surface area contributed by atoms with E-state index in [0.717, 1.165) is 17.9 Å². The van der Waals surface area contributed by atoms with E-state index in [4.69, 9.17) is 5.84 Å². The van der Waals surface area contributed by atoms with Crippen LogP contribution in [0, 0.1) is 0 Å². The van der Waals surface area contributed by atoms with Gasteiger partial charge in [0.1, 0.15) is 0 Å². The Balaban J connectivity index is 2.22. The second-order valence-electron chi connectivity index (χ2n) is 4.46. The molecule has 0 radical (unpaired) electrons. The van der Waals surface area contributed by atoms with Gasteiger partial charge in [-0.25, -0.2) is 15.8 Å². The van der Waals surface area contributed by atoms with Crippen LogP contribution in [-0.2, 0) is 0 Å². The van der Waals surface area contributed by atoms with Crippen molar-refractivity contribution >= 4 is 17.3 Å². The van der Waals surface area contributed by atoms with E-state index in [1.54, 1.807) is 6.20 Å². The van der Waals surface area contributed by atoms with Crippen molar-refractivity contribution in [2.75, 3.05) is 10.7 Å². The summed E-state index contributed by atoms with van der Waals surface area (Å²) in [7, 11) is 0. The van der Waals surface area contributed by atoms with Crippen molar-refractivity contribution < 1.29 is 0 Å². The van der Waals surface area contributed by atoms with Crippen LogP contribution in [-0.4, -0.2) is 20.4 Å². The Morgan fingerprint density at radius 2 is 2.33 bits per heavy atom. The highest BCUT2D eigenvalue weighted by Crippen LogP contribution is 2.17. The summed E-state index contributed by atoms with van der Waals surface area (Å²) < 4.78 is 1.90. The molecule has 0 aliphatic rings. The lowest BCUT2D eigenvalue weighted by Crippen LogP contribution is -2.18. The number of hydrogen-bond acceptors (Lipinski definition) is 5. The second-order valence-corrected chi connectivity index (χ2v) is 4.46. The molecule has 0 bridgehead atoms. The number of nitrogens with one attached hydrogen (secondary N) is 2. The minimum Gasteiger partial charge on any atom is -0.364 e. The molecule has 2 aromatic rings. The Hall–Kier alpha value is -1.82. The summed E-state index contributed by atoms with van der Waals surface area (Å²) in [5.41, 5.74) is 3.38. The molecule has 4 N–H and O–H groups in total. The van der Waals surface area contributed by atoms with Gasteiger partial charge in [0, 0.05) is 18.4 Å². The quantitative estimate of drug-likeness (QED) is 0.538. The fourth-order valence-electron chi connectivity index (χ4n) is 1.91. The summed E-state index contributed by atoms with van der Waals surface area (Å²) in [6, 6.07) is 0.367. The maximum atomic E-state index is 5.42. The van der Waals surface area contributed by atoms with E-state index in [1.807, 2.05) is 16.8 Å². The van der Waals surface area contributed by atoms with Gasteiger partial charge in [0.2, 0.25) is 0 Å². The van der Waals surface area contributed by atoms with E-state index in [9.17, 15) is 0 Å². The van der Waals surface area contributed by atoms with Crippen LogP contribution in [0.25, 0.3) is 5.65 Å². The first kappa shape index (κ1) is 12.6. The first-order valence-electron chi connectivity index (χ1n) is 6.31. The number of nitrogens with two attached hydrogens (primary N) is 1. The number of anilines is 2. The summed E-state index contributed by atoms with van der Waals surface area (Å²) in [6.07, 6.45) is 8.95. The number of imidazole rings is 1. The monoisotopic (exact) mass is 248 g/mol. The molecular weight excluding hydrogens is 228 g/mol. The molecule has 98 valence electrons. The van der Waals surface area contributed by atoms with Crippen molar-refractivity contribution in [2.45, 2.75) is 39.2 Å². The molecule has 0 saturated heterocycles. The Bertz CT molecular complexity index is 506. The molecule has 2 aromatic heterocycles. The zero-order valence-electron chi connectivity index (χ0n) is 10.8. The van der Waals surface area contributed by atoms with Crippen molar-refractivity contribution in [3.8, 4) is 0 Å². The standard InChI is InChI=1S/C12H20N6/c1-3-4-5-9(2)15-11-12-14-6-7-18(12)8-10(16-11)17-13/h6-9,17H,3-5,13H2,1-2H3,(H,15,16). The number of nitrogen functional groups attached to an aromatic ring is 1. The molecule has 1 unspecified atom stereocenters. The molecule has 0 aliphatic carbocycles.